The van der Waals surface area contributed by atoms with Crippen LogP contribution in [0.15, 0.2) is 47.5 Å². The molecule has 0 spiro atoms. The zero-order chi connectivity index (χ0) is 21.9. The highest BCUT2D eigenvalue weighted by Gasteiger charge is 2.34. The maximum absolute atomic E-state index is 12.5. The average Bonchev–Trinajstić information content (AvgIpc) is 3.17. The van der Waals surface area contributed by atoms with Crippen LogP contribution in [-0.2, 0) is 4.74 Å². The van der Waals surface area contributed by atoms with Crippen LogP contribution in [0.2, 0.25) is 0 Å². The molecule has 1 N–H and O–H groups in total. The predicted octanol–water partition coefficient (Wildman–Crippen LogP) is 4.26. The second kappa shape index (κ2) is 8.11. The molecule has 3 rings (SSSR count). The zero-order valence-corrected chi connectivity index (χ0v) is 16.6. The maximum atomic E-state index is 12.5. The number of carboxylic acid groups (broad SMARTS) is 1. The molecule has 0 aliphatic heterocycles. The van der Waals surface area contributed by atoms with Crippen LogP contribution >= 0.6 is 0 Å². The minimum atomic E-state index is -1.60. The van der Waals surface area contributed by atoms with E-state index in [2.05, 4.69) is 26.7 Å². The van der Waals surface area contributed by atoms with Crippen molar-refractivity contribution in [2.24, 2.45) is 0 Å². The van der Waals surface area contributed by atoms with Gasteiger partial charge < -0.3 is 14.3 Å². The molecule has 0 fully saturated rings. The molecule has 0 saturated carbocycles. The van der Waals surface area contributed by atoms with Crippen LogP contribution in [-0.4, -0.2) is 43.1 Å². The number of aromatic nitrogens is 4. The number of nitrogens with zero attached hydrogens (tertiary/aromatic N) is 5. The number of benzene rings is 1. The molecule has 0 bridgehead atoms. The number of rotatable bonds is 4. The minimum absolute atomic E-state index is 0.102. The Balaban J connectivity index is 2.11. The van der Waals surface area contributed by atoms with Crippen molar-refractivity contribution in [3.63, 3.8) is 0 Å². The number of ether oxygens (including phenoxy) is 1. The summed E-state index contributed by atoms with van der Waals surface area (Å²) in [6, 6.07) is 8.99. The molecule has 3 aromatic rings. The van der Waals surface area contributed by atoms with Crippen LogP contribution < -0.4 is 4.90 Å². The molecule has 10 heteroatoms. The van der Waals surface area contributed by atoms with E-state index in [1.165, 1.54) is 12.3 Å². The van der Waals surface area contributed by atoms with Gasteiger partial charge in [0.2, 0.25) is 5.89 Å². The first-order valence-corrected chi connectivity index (χ1v) is 8.84. The Morgan fingerprint density at radius 1 is 1.17 bits per heavy atom. The summed E-state index contributed by atoms with van der Waals surface area (Å²) >= 11 is 0. The SMILES string of the molecule is C=Cc1cnc(N(C(=O)O)C(=O)OC(C)(C)C)c(-c2nnc(-c3ccccc3)o2)n1. The third kappa shape index (κ3) is 4.49. The Morgan fingerprint density at radius 2 is 1.83 bits per heavy atom. The van der Waals surface area contributed by atoms with Gasteiger partial charge in [0.1, 0.15) is 5.60 Å². The number of amides is 2. The van der Waals surface area contributed by atoms with Crippen molar-refractivity contribution in [1.82, 2.24) is 20.2 Å². The maximum Gasteiger partial charge on any atom is 0.425 e. The second-order valence-electron chi connectivity index (χ2n) is 7.05. The van der Waals surface area contributed by atoms with E-state index < -0.39 is 17.8 Å². The van der Waals surface area contributed by atoms with E-state index in [1.807, 2.05) is 6.07 Å². The van der Waals surface area contributed by atoms with Gasteiger partial charge in [-0.2, -0.15) is 4.90 Å². The highest BCUT2D eigenvalue weighted by Crippen LogP contribution is 2.30. The number of imide groups is 1. The van der Waals surface area contributed by atoms with Gasteiger partial charge in [0.15, 0.2) is 11.5 Å². The third-order valence-corrected chi connectivity index (χ3v) is 3.61. The van der Waals surface area contributed by atoms with Gasteiger partial charge in [-0.05, 0) is 39.0 Å². The molecule has 2 heterocycles. The molecule has 10 nitrogen and oxygen atoms in total. The van der Waals surface area contributed by atoms with E-state index in [0.717, 1.165) is 0 Å². The number of carbonyl (C=O) groups is 2. The second-order valence-corrected chi connectivity index (χ2v) is 7.05. The topological polar surface area (TPSA) is 132 Å². The fourth-order valence-electron chi connectivity index (χ4n) is 2.38. The van der Waals surface area contributed by atoms with E-state index in [-0.39, 0.29) is 23.3 Å². The van der Waals surface area contributed by atoms with Crippen molar-refractivity contribution >= 4 is 24.1 Å². The van der Waals surface area contributed by atoms with Gasteiger partial charge in [0.05, 0.1) is 11.9 Å². The van der Waals surface area contributed by atoms with E-state index in [4.69, 9.17) is 9.15 Å². The van der Waals surface area contributed by atoms with Crippen LogP contribution in [0.3, 0.4) is 0 Å². The minimum Gasteiger partial charge on any atom is -0.464 e. The van der Waals surface area contributed by atoms with Gasteiger partial charge in [-0.25, -0.2) is 19.6 Å². The molecule has 30 heavy (non-hydrogen) atoms. The molecule has 0 aliphatic rings. The largest absolute Gasteiger partial charge is 0.464 e. The Labute approximate surface area is 171 Å². The first kappa shape index (κ1) is 20.6. The first-order valence-electron chi connectivity index (χ1n) is 8.84. The molecular formula is C20H19N5O5. The zero-order valence-electron chi connectivity index (χ0n) is 16.6. The summed E-state index contributed by atoms with van der Waals surface area (Å²) in [6.45, 7) is 8.46. The first-order chi connectivity index (χ1) is 14.2. The van der Waals surface area contributed by atoms with Crippen molar-refractivity contribution in [2.45, 2.75) is 26.4 Å². The molecule has 2 aromatic heterocycles. The Bertz CT molecular complexity index is 1090. The molecule has 0 radical (unpaired) electrons. The Morgan fingerprint density at radius 3 is 2.43 bits per heavy atom. The number of anilines is 1. The van der Waals surface area contributed by atoms with Gasteiger partial charge in [0.25, 0.3) is 5.89 Å². The summed E-state index contributed by atoms with van der Waals surface area (Å²) in [5, 5.41) is 17.6. The number of carbonyl (C=O) groups excluding carboxylic acids is 1. The Kier molecular flexibility index (Phi) is 5.58. The molecule has 0 saturated heterocycles. The van der Waals surface area contributed by atoms with Crippen molar-refractivity contribution < 1.29 is 23.8 Å². The lowest BCUT2D eigenvalue weighted by atomic mass is 10.2. The number of hydrogen-bond acceptors (Lipinski definition) is 8. The highest BCUT2D eigenvalue weighted by atomic mass is 16.6. The van der Waals surface area contributed by atoms with Gasteiger partial charge in [0, 0.05) is 5.56 Å². The monoisotopic (exact) mass is 409 g/mol. The summed E-state index contributed by atoms with van der Waals surface area (Å²) in [4.78, 5) is 33.1. The summed E-state index contributed by atoms with van der Waals surface area (Å²) < 4.78 is 10.9. The predicted molar refractivity (Wildman–Crippen MR) is 108 cm³/mol. The molecule has 2 amide bonds. The summed E-state index contributed by atoms with van der Waals surface area (Å²) in [7, 11) is 0. The fourth-order valence-corrected chi connectivity index (χ4v) is 2.38. The standard InChI is InChI=1S/C20H19N5O5/c1-5-13-11-21-15(25(18(26)27)19(28)30-20(2,3)4)14(22-13)17-24-23-16(29-17)12-9-7-6-8-10-12/h5-11H,1H2,2-4H3,(H,26,27). The summed E-state index contributed by atoms with van der Waals surface area (Å²) in [5.74, 6) is -0.248. The van der Waals surface area contributed by atoms with E-state index in [0.29, 0.717) is 16.2 Å². The normalized spacial score (nSPS) is 11.0. The van der Waals surface area contributed by atoms with E-state index >= 15 is 0 Å². The summed E-state index contributed by atoms with van der Waals surface area (Å²) in [6.07, 6.45) is -0.0674. The van der Waals surface area contributed by atoms with Gasteiger partial charge >= 0.3 is 12.2 Å². The van der Waals surface area contributed by atoms with Crippen LogP contribution in [0, 0.1) is 0 Å². The lowest BCUT2D eigenvalue weighted by Crippen LogP contribution is -2.41. The highest BCUT2D eigenvalue weighted by molar-refractivity contribution is 6.09. The molecule has 1 aromatic carbocycles. The lowest BCUT2D eigenvalue weighted by Gasteiger charge is -2.24. The van der Waals surface area contributed by atoms with Crippen LogP contribution in [0.4, 0.5) is 15.4 Å². The van der Waals surface area contributed by atoms with Crippen LogP contribution in [0.5, 0.6) is 0 Å². The molecule has 0 unspecified atom stereocenters. The molecular weight excluding hydrogens is 390 g/mol. The number of hydrogen-bond donors (Lipinski definition) is 1. The van der Waals surface area contributed by atoms with Gasteiger partial charge in [-0.1, -0.05) is 24.8 Å². The van der Waals surface area contributed by atoms with Crippen LogP contribution in [0.25, 0.3) is 29.1 Å². The Hall–Kier alpha value is -4.08. The third-order valence-electron chi connectivity index (χ3n) is 3.61. The van der Waals surface area contributed by atoms with Gasteiger partial charge in [-0.15, -0.1) is 10.2 Å². The fraction of sp³-hybridized carbons (Fsp3) is 0.200. The molecule has 154 valence electrons. The summed E-state index contributed by atoms with van der Waals surface area (Å²) in [5.41, 5.74) is -0.0457. The van der Waals surface area contributed by atoms with Gasteiger partial charge in [-0.3, -0.25) is 0 Å². The van der Waals surface area contributed by atoms with E-state index in [9.17, 15) is 14.7 Å². The molecule has 0 aliphatic carbocycles. The van der Waals surface area contributed by atoms with Crippen molar-refractivity contribution in [3.8, 4) is 23.0 Å². The molecule has 0 atom stereocenters. The lowest BCUT2D eigenvalue weighted by molar-refractivity contribution is 0.0581. The smallest absolute Gasteiger partial charge is 0.425 e. The van der Waals surface area contributed by atoms with Crippen molar-refractivity contribution in [2.75, 3.05) is 4.90 Å². The van der Waals surface area contributed by atoms with Crippen molar-refractivity contribution in [3.05, 3.63) is 48.8 Å². The average molecular weight is 409 g/mol. The van der Waals surface area contributed by atoms with E-state index in [1.54, 1.807) is 45.0 Å². The quantitative estimate of drug-likeness (QED) is 0.671. The van der Waals surface area contributed by atoms with Crippen molar-refractivity contribution in [1.29, 1.82) is 0 Å². The van der Waals surface area contributed by atoms with Crippen LogP contribution in [0.1, 0.15) is 26.5 Å².